The number of amides is 2. The van der Waals surface area contributed by atoms with E-state index in [9.17, 15) is 22.2 Å². The molecular weight excluding hydrogens is 453 g/mol. The molecule has 2 aromatic carbocycles. The highest BCUT2D eigenvalue weighted by Gasteiger charge is 2.29. The summed E-state index contributed by atoms with van der Waals surface area (Å²) in [6.07, 6.45) is 1.54. The first kappa shape index (κ1) is 23.7. The van der Waals surface area contributed by atoms with Gasteiger partial charge in [-0.2, -0.15) is 13.2 Å². The van der Waals surface area contributed by atoms with Crippen LogP contribution in [0.25, 0.3) is 0 Å². The molecular formula is C23H27F3N4O2S. The Bertz CT molecular complexity index is 1150. The van der Waals surface area contributed by atoms with Crippen LogP contribution in [0.4, 0.5) is 23.7 Å². The first-order valence-electron chi connectivity index (χ1n) is 10.9. The summed E-state index contributed by atoms with van der Waals surface area (Å²) in [7, 11) is -2.15. The van der Waals surface area contributed by atoms with Gasteiger partial charge in [0.25, 0.3) is 0 Å². The third-order valence-electron chi connectivity index (χ3n) is 6.09. The van der Waals surface area contributed by atoms with Crippen LogP contribution in [-0.4, -0.2) is 34.9 Å². The minimum Gasteiger partial charge on any atom is -0.305 e. The molecule has 2 aromatic rings. The van der Waals surface area contributed by atoms with Gasteiger partial charge in [-0.15, -0.1) is 4.36 Å². The molecule has 0 fully saturated rings. The zero-order valence-electron chi connectivity index (χ0n) is 18.4. The molecule has 0 saturated heterocycles. The van der Waals surface area contributed by atoms with Crippen molar-refractivity contribution in [1.82, 2.24) is 4.90 Å². The number of alkyl halides is 3. The molecule has 1 atom stereocenters. The maximum Gasteiger partial charge on any atom is 0.401 e. The number of carbonyl (C=O) groups excluding carboxylic acids is 1. The molecule has 2 aliphatic carbocycles. The lowest BCUT2D eigenvalue weighted by Gasteiger charge is -2.18. The van der Waals surface area contributed by atoms with E-state index in [2.05, 4.69) is 15.7 Å². The van der Waals surface area contributed by atoms with Crippen molar-refractivity contribution in [2.24, 2.45) is 9.50 Å². The lowest BCUT2D eigenvalue weighted by molar-refractivity contribution is -0.144. The normalized spacial score (nSPS) is 16.9. The van der Waals surface area contributed by atoms with Gasteiger partial charge in [0.2, 0.25) is 0 Å². The van der Waals surface area contributed by atoms with Crippen molar-refractivity contribution >= 4 is 21.6 Å². The molecule has 0 aromatic heterocycles. The largest absolute Gasteiger partial charge is 0.401 e. The number of hydrogen-bond donors (Lipinski definition) is 2. The highest BCUT2D eigenvalue weighted by Crippen LogP contribution is 2.38. The summed E-state index contributed by atoms with van der Waals surface area (Å²) in [6.45, 7) is -0.974. The van der Waals surface area contributed by atoms with Crippen LogP contribution in [0.1, 0.15) is 40.7 Å². The molecule has 2 amide bonds. The van der Waals surface area contributed by atoms with E-state index in [1.807, 2.05) is 0 Å². The summed E-state index contributed by atoms with van der Waals surface area (Å²) in [4.78, 5) is 14.0. The third-order valence-corrected chi connectivity index (χ3v) is 7.47. The summed E-state index contributed by atoms with van der Waals surface area (Å²) in [5, 5.41) is 8.74. The Morgan fingerprint density at radius 1 is 1.09 bits per heavy atom. The smallest absolute Gasteiger partial charge is 0.305 e. The van der Waals surface area contributed by atoms with Gasteiger partial charge in [0.15, 0.2) is 0 Å². The number of fused-ring (bicyclic) bond motifs is 2. The second-order valence-electron chi connectivity index (χ2n) is 8.76. The van der Waals surface area contributed by atoms with Crippen molar-refractivity contribution in [2.75, 3.05) is 18.9 Å². The van der Waals surface area contributed by atoms with Crippen LogP contribution < -0.4 is 10.5 Å². The van der Waals surface area contributed by atoms with E-state index in [-0.39, 0.29) is 11.4 Å². The molecule has 10 heteroatoms. The van der Waals surface area contributed by atoms with Gasteiger partial charge in [-0.3, -0.25) is 4.90 Å². The molecule has 33 heavy (non-hydrogen) atoms. The zero-order valence-corrected chi connectivity index (χ0v) is 19.2. The van der Waals surface area contributed by atoms with E-state index in [1.165, 1.54) is 30.3 Å². The molecule has 0 saturated carbocycles. The lowest BCUT2D eigenvalue weighted by Crippen LogP contribution is -2.30. The molecule has 0 aliphatic heterocycles. The second-order valence-corrected chi connectivity index (χ2v) is 10.5. The number of benzene rings is 2. The Morgan fingerprint density at radius 2 is 1.67 bits per heavy atom. The Kier molecular flexibility index (Phi) is 6.52. The van der Waals surface area contributed by atoms with E-state index in [0.29, 0.717) is 5.56 Å². The molecule has 4 rings (SSSR count). The molecule has 0 spiro atoms. The fraction of sp³-hybridized carbons (Fsp3) is 0.435. The van der Waals surface area contributed by atoms with Gasteiger partial charge < -0.3 is 5.32 Å². The summed E-state index contributed by atoms with van der Waals surface area (Å²) >= 11 is 0. The molecule has 178 valence electrons. The quantitative estimate of drug-likeness (QED) is 0.656. The Morgan fingerprint density at radius 3 is 2.21 bits per heavy atom. The maximum absolute atomic E-state index is 13.0. The van der Waals surface area contributed by atoms with Gasteiger partial charge in [0.1, 0.15) is 9.92 Å². The minimum absolute atomic E-state index is 0.0629. The van der Waals surface area contributed by atoms with E-state index >= 15 is 0 Å². The van der Waals surface area contributed by atoms with Crippen LogP contribution in [0.3, 0.4) is 0 Å². The Balaban J connectivity index is 1.50. The van der Waals surface area contributed by atoms with Crippen LogP contribution in [0.5, 0.6) is 0 Å². The lowest BCUT2D eigenvalue weighted by atomic mass is 9.99. The number of hydrogen-bond acceptors (Lipinski definition) is 3. The van der Waals surface area contributed by atoms with Gasteiger partial charge in [-0.1, -0.05) is 18.2 Å². The highest BCUT2D eigenvalue weighted by molar-refractivity contribution is 7.91. The van der Waals surface area contributed by atoms with Crippen LogP contribution in [0, 0.1) is 0 Å². The number of nitrogens with one attached hydrogen (secondary N) is 1. The highest BCUT2D eigenvalue weighted by atomic mass is 32.2. The number of urea groups is 1. The zero-order chi connectivity index (χ0) is 23.8. The molecule has 6 nitrogen and oxygen atoms in total. The van der Waals surface area contributed by atoms with Crippen LogP contribution >= 0.6 is 0 Å². The van der Waals surface area contributed by atoms with Crippen molar-refractivity contribution < 1.29 is 22.2 Å². The number of nitrogens with two attached hydrogens (primary N) is 1. The Labute approximate surface area is 191 Å². The van der Waals surface area contributed by atoms with Crippen LogP contribution in [0.2, 0.25) is 0 Å². The fourth-order valence-electron chi connectivity index (χ4n) is 4.74. The second kappa shape index (κ2) is 9.08. The first-order valence-corrected chi connectivity index (χ1v) is 12.5. The third kappa shape index (κ3) is 5.56. The topological polar surface area (TPSA) is 87.8 Å². The van der Waals surface area contributed by atoms with Gasteiger partial charge in [0.05, 0.1) is 11.4 Å². The van der Waals surface area contributed by atoms with Crippen molar-refractivity contribution in [3.63, 3.8) is 0 Å². The minimum atomic E-state index is -4.29. The summed E-state index contributed by atoms with van der Waals surface area (Å²) in [5.41, 5.74) is 6.17. The van der Waals surface area contributed by atoms with Gasteiger partial charge in [0, 0.05) is 12.2 Å². The monoisotopic (exact) mass is 480 g/mol. The van der Waals surface area contributed by atoms with E-state index in [4.69, 9.17) is 5.14 Å². The molecule has 0 radical (unpaired) electrons. The van der Waals surface area contributed by atoms with Crippen LogP contribution in [-0.2, 0) is 42.1 Å². The maximum atomic E-state index is 13.0. The predicted octanol–water partition coefficient (Wildman–Crippen LogP) is 4.59. The Hall–Kier alpha value is -2.43. The average molecular weight is 481 g/mol. The van der Waals surface area contributed by atoms with Gasteiger partial charge in [-0.25, -0.2) is 14.1 Å². The van der Waals surface area contributed by atoms with Gasteiger partial charge >= 0.3 is 12.2 Å². The van der Waals surface area contributed by atoms with Crippen molar-refractivity contribution in [2.45, 2.75) is 56.1 Å². The number of halogens is 3. The standard InChI is InChI=1S/C23H27F3N4O2S/c1-30(14-23(24,25)26)13-15-8-10-18(11-9-15)33(27,32)29-22(31)28-21-19-6-2-4-16(19)12-17-5-3-7-20(17)21/h8-12H,2-7,13-14H2,1H3,(H3,27,28,29,31,32)/t33-/m1/s1. The molecule has 0 unspecified atom stereocenters. The number of rotatable bonds is 5. The van der Waals surface area contributed by atoms with Crippen molar-refractivity contribution in [3.05, 3.63) is 58.1 Å². The van der Waals surface area contributed by atoms with E-state index in [1.54, 1.807) is 12.1 Å². The molecule has 0 heterocycles. The van der Waals surface area contributed by atoms with Gasteiger partial charge in [-0.05, 0) is 85.5 Å². The fourth-order valence-corrected chi connectivity index (χ4v) is 5.66. The molecule has 0 bridgehead atoms. The molecule has 3 N–H and O–H groups in total. The SMILES string of the molecule is CN(Cc1ccc([S@](N)(=O)=NC(=O)Nc2c3c(cc4c2CCC4)CCC3)cc1)CC(F)(F)F. The number of carbonyl (C=O) groups is 1. The number of nitrogens with zero attached hydrogens (tertiary/aromatic N) is 2. The summed E-state index contributed by atoms with van der Waals surface area (Å²) < 4.78 is 54.2. The molecule has 2 aliphatic rings. The average Bonchev–Trinajstić information content (AvgIpc) is 3.35. The number of aryl methyl sites for hydroxylation is 2. The first-order chi connectivity index (χ1) is 15.5. The van der Waals surface area contributed by atoms with Crippen molar-refractivity contribution in [1.29, 1.82) is 0 Å². The predicted molar refractivity (Wildman–Crippen MR) is 121 cm³/mol. The van der Waals surface area contributed by atoms with Crippen molar-refractivity contribution in [3.8, 4) is 0 Å². The number of anilines is 1. The van der Waals surface area contributed by atoms with E-state index in [0.717, 1.165) is 60.2 Å². The van der Waals surface area contributed by atoms with Crippen LogP contribution in [0.15, 0.2) is 39.6 Å². The summed E-state index contributed by atoms with van der Waals surface area (Å²) in [6, 6.07) is 7.45. The summed E-state index contributed by atoms with van der Waals surface area (Å²) in [5.74, 6) is 0. The van der Waals surface area contributed by atoms with E-state index < -0.39 is 28.7 Å².